The summed E-state index contributed by atoms with van der Waals surface area (Å²) in [6.45, 7) is 8.21. The van der Waals surface area contributed by atoms with E-state index < -0.39 is 18.3 Å². The number of fused-ring (bicyclic) bond motifs is 1. The first kappa shape index (κ1) is 21.7. The molecule has 2 heterocycles. The Kier molecular flexibility index (Phi) is 5.27. The molecular weight excluding hydrogens is 409 g/mol. The lowest BCUT2D eigenvalue weighted by atomic mass is 9.77. The highest BCUT2D eigenvalue weighted by Gasteiger charge is 2.52. The quantitative estimate of drug-likeness (QED) is 0.374. The first-order chi connectivity index (χ1) is 15.8. The molecule has 0 amide bonds. The van der Waals surface area contributed by atoms with Crippen LogP contribution in [0.1, 0.15) is 27.7 Å². The van der Waals surface area contributed by atoms with Gasteiger partial charge in [0.2, 0.25) is 0 Å². The number of ether oxygens (including phenoxy) is 1. The molecule has 1 aliphatic heterocycles. The SMILES string of the molecule is COc1cc(-c2cc3ccccc3c(-c3ccccc3)n2)ccc1B1OC(C)(C)C(C)(C)O1. The predicted octanol–water partition coefficient (Wildman–Crippen LogP) is 5.88. The molecule has 5 rings (SSSR count). The van der Waals surface area contributed by atoms with E-state index in [2.05, 4.69) is 76.2 Å². The third-order valence-electron chi connectivity index (χ3n) is 6.82. The smallest absolute Gasteiger partial charge is 0.497 e. The van der Waals surface area contributed by atoms with Crippen molar-refractivity contribution < 1.29 is 14.0 Å². The van der Waals surface area contributed by atoms with E-state index in [4.69, 9.17) is 19.0 Å². The molecule has 33 heavy (non-hydrogen) atoms. The Bertz CT molecular complexity index is 1300. The number of hydrogen-bond acceptors (Lipinski definition) is 4. The maximum absolute atomic E-state index is 6.25. The Morgan fingerprint density at radius 3 is 2.12 bits per heavy atom. The minimum absolute atomic E-state index is 0.411. The Hall–Kier alpha value is -3.15. The molecule has 0 aliphatic carbocycles. The van der Waals surface area contributed by atoms with Crippen molar-refractivity contribution in [1.29, 1.82) is 0 Å². The highest BCUT2D eigenvalue weighted by molar-refractivity contribution is 6.63. The Labute approximate surface area is 195 Å². The molecule has 0 spiro atoms. The molecule has 4 nitrogen and oxygen atoms in total. The van der Waals surface area contributed by atoms with E-state index in [1.54, 1.807) is 7.11 Å². The number of hydrogen-bond donors (Lipinski definition) is 0. The average molecular weight is 437 g/mol. The Morgan fingerprint density at radius 1 is 0.758 bits per heavy atom. The van der Waals surface area contributed by atoms with Gasteiger partial charge in [-0.1, -0.05) is 66.7 Å². The van der Waals surface area contributed by atoms with Crippen molar-refractivity contribution in [3.05, 3.63) is 78.9 Å². The second-order valence-electron chi connectivity index (χ2n) is 9.49. The fourth-order valence-electron chi connectivity index (χ4n) is 4.20. The van der Waals surface area contributed by atoms with Crippen molar-refractivity contribution in [2.45, 2.75) is 38.9 Å². The van der Waals surface area contributed by atoms with Crippen molar-refractivity contribution in [3.63, 3.8) is 0 Å². The molecule has 0 radical (unpaired) electrons. The van der Waals surface area contributed by atoms with Gasteiger partial charge in [-0.05, 0) is 45.2 Å². The van der Waals surface area contributed by atoms with Crippen LogP contribution in [0, 0.1) is 0 Å². The van der Waals surface area contributed by atoms with E-state index >= 15 is 0 Å². The van der Waals surface area contributed by atoms with Crippen LogP contribution in [0.3, 0.4) is 0 Å². The number of nitrogens with zero attached hydrogens (tertiary/aromatic N) is 1. The lowest BCUT2D eigenvalue weighted by molar-refractivity contribution is 0.00578. The minimum atomic E-state index is -0.483. The first-order valence-corrected chi connectivity index (χ1v) is 11.3. The van der Waals surface area contributed by atoms with Gasteiger partial charge in [0.15, 0.2) is 0 Å². The van der Waals surface area contributed by atoms with Crippen molar-refractivity contribution in [1.82, 2.24) is 4.98 Å². The van der Waals surface area contributed by atoms with Crippen molar-refractivity contribution in [2.75, 3.05) is 7.11 Å². The topological polar surface area (TPSA) is 40.6 Å². The molecule has 166 valence electrons. The van der Waals surface area contributed by atoms with Gasteiger partial charge in [0.05, 0.1) is 29.7 Å². The predicted molar refractivity (Wildman–Crippen MR) is 135 cm³/mol. The maximum Gasteiger partial charge on any atom is 0.498 e. The van der Waals surface area contributed by atoms with E-state index in [-0.39, 0.29) is 0 Å². The molecule has 1 aliphatic rings. The van der Waals surface area contributed by atoms with E-state index in [0.717, 1.165) is 44.5 Å². The molecule has 5 heteroatoms. The normalized spacial score (nSPS) is 16.8. The van der Waals surface area contributed by atoms with Crippen molar-refractivity contribution >= 4 is 23.4 Å². The lowest BCUT2D eigenvalue weighted by Crippen LogP contribution is -2.41. The summed E-state index contributed by atoms with van der Waals surface area (Å²) in [5.74, 6) is 0.724. The molecule has 4 aromatic rings. The largest absolute Gasteiger partial charge is 0.498 e. The van der Waals surface area contributed by atoms with Gasteiger partial charge in [0.25, 0.3) is 0 Å². The van der Waals surface area contributed by atoms with Crippen LogP contribution in [0.2, 0.25) is 0 Å². The zero-order valence-electron chi connectivity index (χ0n) is 19.8. The zero-order chi connectivity index (χ0) is 23.2. The molecule has 0 unspecified atom stereocenters. The molecule has 1 fully saturated rings. The summed E-state index contributed by atoms with van der Waals surface area (Å²) in [5, 5.41) is 2.28. The molecular formula is C28H28BNO3. The van der Waals surface area contributed by atoms with E-state index in [0.29, 0.717) is 0 Å². The lowest BCUT2D eigenvalue weighted by Gasteiger charge is -2.32. The number of benzene rings is 3. The third-order valence-corrected chi connectivity index (χ3v) is 6.82. The van der Waals surface area contributed by atoms with Gasteiger partial charge in [-0.15, -0.1) is 0 Å². The van der Waals surface area contributed by atoms with Crippen LogP contribution in [0.25, 0.3) is 33.3 Å². The summed E-state index contributed by atoms with van der Waals surface area (Å²) in [6, 6.07) is 26.9. The summed E-state index contributed by atoms with van der Waals surface area (Å²) in [7, 11) is 1.19. The number of aromatic nitrogens is 1. The van der Waals surface area contributed by atoms with E-state index in [1.165, 1.54) is 0 Å². The zero-order valence-corrected chi connectivity index (χ0v) is 19.8. The summed E-state index contributed by atoms with van der Waals surface area (Å²) < 4.78 is 18.3. The fraction of sp³-hybridized carbons (Fsp3) is 0.250. The second kappa shape index (κ2) is 8.01. The highest BCUT2D eigenvalue weighted by Crippen LogP contribution is 2.38. The first-order valence-electron chi connectivity index (χ1n) is 11.3. The standard InChI is InChI=1S/C28H28BNO3/c1-27(2)28(3,4)33-29(32-27)23-16-15-21(18-25(23)31-5)24-17-20-13-9-10-14-22(20)26(30-24)19-11-7-6-8-12-19/h6-18H,1-5H3. The maximum atomic E-state index is 6.25. The van der Waals surface area contributed by atoms with Crippen LogP contribution >= 0.6 is 0 Å². The van der Waals surface area contributed by atoms with Crippen LogP contribution in [0.5, 0.6) is 5.75 Å². The number of methoxy groups -OCH3 is 1. The van der Waals surface area contributed by atoms with Crippen LogP contribution in [-0.4, -0.2) is 30.4 Å². The van der Waals surface area contributed by atoms with Gasteiger partial charge >= 0.3 is 7.12 Å². The third kappa shape index (κ3) is 3.82. The van der Waals surface area contributed by atoms with Gasteiger partial charge in [-0.3, -0.25) is 0 Å². The van der Waals surface area contributed by atoms with Gasteiger partial charge < -0.3 is 14.0 Å². The molecule has 0 N–H and O–H groups in total. The molecule has 0 bridgehead atoms. The van der Waals surface area contributed by atoms with Crippen LogP contribution < -0.4 is 10.2 Å². The molecule has 1 saturated heterocycles. The van der Waals surface area contributed by atoms with Crippen molar-refractivity contribution in [3.8, 4) is 28.3 Å². The summed E-state index contributed by atoms with van der Waals surface area (Å²) in [4.78, 5) is 5.07. The second-order valence-corrected chi connectivity index (χ2v) is 9.49. The summed E-state index contributed by atoms with van der Waals surface area (Å²) in [6.07, 6.45) is 0. The fourth-order valence-corrected chi connectivity index (χ4v) is 4.20. The van der Waals surface area contributed by atoms with Crippen LogP contribution in [0.4, 0.5) is 0 Å². The van der Waals surface area contributed by atoms with Gasteiger partial charge in [-0.2, -0.15) is 0 Å². The summed E-state index contributed by atoms with van der Waals surface area (Å²) >= 11 is 0. The Morgan fingerprint density at radius 2 is 1.42 bits per heavy atom. The molecule has 1 aromatic heterocycles. The highest BCUT2D eigenvalue weighted by atomic mass is 16.7. The molecule has 0 saturated carbocycles. The number of rotatable bonds is 4. The van der Waals surface area contributed by atoms with Crippen LogP contribution in [0.15, 0.2) is 78.9 Å². The monoisotopic (exact) mass is 437 g/mol. The summed E-state index contributed by atoms with van der Waals surface area (Å²) in [5.41, 5.74) is 4.00. The van der Waals surface area contributed by atoms with E-state index in [1.807, 2.05) is 30.3 Å². The minimum Gasteiger partial charge on any atom is -0.497 e. The van der Waals surface area contributed by atoms with Crippen molar-refractivity contribution in [2.24, 2.45) is 0 Å². The van der Waals surface area contributed by atoms with Gasteiger partial charge in [0.1, 0.15) is 5.75 Å². The average Bonchev–Trinajstić information content (AvgIpc) is 3.05. The molecule has 3 aromatic carbocycles. The Balaban J connectivity index is 1.60. The number of pyridine rings is 1. The molecule has 0 atom stereocenters. The van der Waals surface area contributed by atoms with E-state index in [9.17, 15) is 0 Å². The van der Waals surface area contributed by atoms with Gasteiger partial charge in [0, 0.05) is 22.0 Å². The van der Waals surface area contributed by atoms with Crippen LogP contribution in [-0.2, 0) is 9.31 Å². The van der Waals surface area contributed by atoms with Gasteiger partial charge in [-0.25, -0.2) is 4.98 Å².